The molecular weight excluding hydrogens is 479 g/mol. The number of hydrogen-bond acceptors (Lipinski definition) is 3. The van der Waals surface area contributed by atoms with Gasteiger partial charge < -0.3 is 20.0 Å². The van der Waals surface area contributed by atoms with Crippen molar-refractivity contribution in [3.63, 3.8) is 0 Å². The van der Waals surface area contributed by atoms with Crippen molar-refractivity contribution in [3.8, 4) is 0 Å². The van der Waals surface area contributed by atoms with E-state index in [1.807, 2.05) is 39.2 Å². The highest BCUT2D eigenvalue weighted by molar-refractivity contribution is 14.0. The van der Waals surface area contributed by atoms with Crippen molar-refractivity contribution >= 4 is 46.8 Å². The fraction of sp³-hybridized carbons (Fsp3) is 0.545. The first kappa shape index (κ1) is 23.5. The molecule has 1 aliphatic rings. The van der Waals surface area contributed by atoms with Gasteiger partial charge in [-0.1, -0.05) is 31.0 Å². The minimum absolute atomic E-state index is 0. The largest absolute Gasteiger partial charge is 0.459 e. The van der Waals surface area contributed by atoms with Gasteiger partial charge in [0.25, 0.3) is 0 Å². The molecule has 1 heterocycles. The molecule has 1 fully saturated rings. The number of nitrogens with one attached hydrogen (secondary N) is 2. The van der Waals surface area contributed by atoms with E-state index >= 15 is 0 Å². The van der Waals surface area contributed by atoms with E-state index in [1.165, 1.54) is 0 Å². The van der Waals surface area contributed by atoms with Crippen LogP contribution in [0.5, 0.6) is 0 Å². The molecule has 2 N–H and O–H groups in total. The fourth-order valence-corrected chi connectivity index (χ4v) is 4.11. The van der Waals surface area contributed by atoms with Gasteiger partial charge in [-0.3, -0.25) is 4.79 Å². The Labute approximate surface area is 190 Å². The van der Waals surface area contributed by atoms with Crippen molar-refractivity contribution in [3.05, 3.63) is 35.6 Å². The van der Waals surface area contributed by atoms with Crippen LogP contribution in [0, 0.1) is 12.3 Å². The molecule has 1 aromatic carbocycles. The number of furan rings is 1. The third-order valence-corrected chi connectivity index (χ3v) is 5.68. The number of carbonyl (C=O) groups is 1. The molecule has 2 aromatic rings. The fourth-order valence-electron chi connectivity index (χ4n) is 4.11. The van der Waals surface area contributed by atoms with E-state index in [0.717, 1.165) is 60.5 Å². The average molecular weight is 512 g/mol. The first-order valence-electron chi connectivity index (χ1n) is 10.2. The highest BCUT2D eigenvalue weighted by Crippen LogP contribution is 2.38. The molecule has 0 unspecified atom stereocenters. The van der Waals surface area contributed by atoms with E-state index in [0.29, 0.717) is 13.1 Å². The van der Waals surface area contributed by atoms with Gasteiger partial charge in [0, 0.05) is 38.1 Å². The number of rotatable bonds is 6. The van der Waals surface area contributed by atoms with Crippen LogP contribution in [0.25, 0.3) is 11.0 Å². The van der Waals surface area contributed by atoms with Crippen molar-refractivity contribution in [2.75, 3.05) is 27.2 Å². The molecule has 160 valence electrons. The summed E-state index contributed by atoms with van der Waals surface area (Å²) >= 11 is 0. The van der Waals surface area contributed by atoms with Gasteiger partial charge in [-0.15, -0.1) is 24.0 Å². The summed E-state index contributed by atoms with van der Waals surface area (Å²) in [4.78, 5) is 19.2. The van der Waals surface area contributed by atoms with E-state index in [-0.39, 0.29) is 35.3 Å². The lowest BCUT2D eigenvalue weighted by Crippen LogP contribution is -2.49. The molecule has 0 spiro atoms. The molecule has 1 aliphatic carbocycles. The monoisotopic (exact) mass is 512 g/mol. The SMILES string of the molecule is CCNC(=NCc1oc2ccccc2c1C)NCC1(C(=O)N(C)C)CCCC1.I. The number of nitrogens with zero attached hydrogens (tertiary/aromatic N) is 2. The topological polar surface area (TPSA) is 69.9 Å². The molecule has 0 aliphatic heterocycles. The Bertz CT molecular complexity index is 854. The molecule has 0 radical (unpaired) electrons. The lowest BCUT2D eigenvalue weighted by molar-refractivity contribution is -0.138. The number of carbonyl (C=O) groups excluding carboxylic acids is 1. The summed E-state index contributed by atoms with van der Waals surface area (Å²) in [5, 5.41) is 7.83. The molecule has 0 saturated heterocycles. The minimum Gasteiger partial charge on any atom is -0.459 e. The summed E-state index contributed by atoms with van der Waals surface area (Å²) in [5.41, 5.74) is 1.70. The van der Waals surface area contributed by atoms with Gasteiger partial charge in [0.2, 0.25) is 5.91 Å². The van der Waals surface area contributed by atoms with Crippen LogP contribution in [0.3, 0.4) is 0 Å². The molecule has 1 saturated carbocycles. The first-order valence-corrected chi connectivity index (χ1v) is 10.2. The Morgan fingerprint density at radius 1 is 1.21 bits per heavy atom. The number of benzene rings is 1. The zero-order valence-electron chi connectivity index (χ0n) is 17.9. The lowest BCUT2D eigenvalue weighted by atomic mass is 9.84. The van der Waals surface area contributed by atoms with E-state index in [4.69, 9.17) is 9.41 Å². The van der Waals surface area contributed by atoms with Crippen molar-refractivity contribution < 1.29 is 9.21 Å². The molecule has 1 aromatic heterocycles. The molecule has 6 nitrogen and oxygen atoms in total. The second-order valence-electron chi connectivity index (χ2n) is 7.88. The maximum absolute atomic E-state index is 12.8. The van der Waals surface area contributed by atoms with Crippen molar-refractivity contribution in [2.45, 2.75) is 46.1 Å². The van der Waals surface area contributed by atoms with Gasteiger partial charge in [0.15, 0.2) is 5.96 Å². The molecule has 0 bridgehead atoms. The van der Waals surface area contributed by atoms with E-state index in [9.17, 15) is 4.79 Å². The van der Waals surface area contributed by atoms with Gasteiger partial charge in [0.05, 0.1) is 5.41 Å². The average Bonchev–Trinajstić information content (AvgIpc) is 3.29. The van der Waals surface area contributed by atoms with Crippen molar-refractivity contribution in [2.24, 2.45) is 10.4 Å². The normalized spacial score (nSPS) is 15.8. The number of hydrogen-bond donors (Lipinski definition) is 2. The van der Waals surface area contributed by atoms with Crippen LogP contribution in [-0.4, -0.2) is 44.0 Å². The highest BCUT2D eigenvalue weighted by Gasteiger charge is 2.42. The first-order chi connectivity index (χ1) is 13.5. The Balaban J connectivity index is 0.00000300. The standard InChI is InChI=1S/C22H32N4O2.HI/c1-5-23-21(25-15-22(12-8-9-13-22)20(27)26(3)4)24-14-19-16(2)17-10-6-7-11-18(17)28-19;/h6-7,10-11H,5,8-9,12-15H2,1-4H3,(H2,23,24,25);1H. The third kappa shape index (κ3) is 5.24. The lowest BCUT2D eigenvalue weighted by Gasteiger charge is -2.31. The maximum atomic E-state index is 12.8. The van der Waals surface area contributed by atoms with Crippen LogP contribution in [0.1, 0.15) is 43.9 Å². The van der Waals surface area contributed by atoms with Crippen LogP contribution in [0.4, 0.5) is 0 Å². The number of guanidine groups is 1. The maximum Gasteiger partial charge on any atom is 0.230 e. The van der Waals surface area contributed by atoms with Crippen LogP contribution in [-0.2, 0) is 11.3 Å². The Morgan fingerprint density at radius 2 is 1.90 bits per heavy atom. The number of aliphatic imine (C=N–C) groups is 1. The molecule has 29 heavy (non-hydrogen) atoms. The summed E-state index contributed by atoms with van der Waals surface area (Å²) in [5.74, 6) is 1.81. The van der Waals surface area contributed by atoms with E-state index < -0.39 is 0 Å². The predicted molar refractivity (Wildman–Crippen MR) is 129 cm³/mol. The highest BCUT2D eigenvalue weighted by atomic mass is 127. The number of fused-ring (bicyclic) bond motifs is 1. The molecule has 1 amide bonds. The smallest absolute Gasteiger partial charge is 0.230 e. The van der Waals surface area contributed by atoms with Gasteiger partial charge in [-0.2, -0.15) is 0 Å². The zero-order valence-corrected chi connectivity index (χ0v) is 20.2. The summed E-state index contributed by atoms with van der Waals surface area (Å²) < 4.78 is 5.97. The van der Waals surface area contributed by atoms with Crippen LogP contribution in [0.15, 0.2) is 33.7 Å². The van der Waals surface area contributed by atoms with Gasteiger partial charge in [-0.25, -0.2) is 4.99 Å². The molecule has 0 atom stereocenters. The third-order valence-electron chi connectivity index (χ3n) is 5.68. The van der Waals surface area contributed by atoms with Crippen LogP contribution < -0.4 is 10.6 Å². The van der Waals surface area contributed by atoms with E-state index in [1.54, 1.807) is 4.90 Å². The van der Waals surface area contributed by atoms with Crippen molar-refractivity contribution in [1.29, 1.82) is 0 Å². The number of halogens is 1. The Morgan fingerprint density at radius 3 is 2.52 bits per heavy atom. The van der Waals surface area contributed by atoms with Crippen molar-refractivity contribution in [1.82, 2.24) is 15.5 Å². The van der Waals surface area contributed by atoms with Gasteiger partial charge >= 0.3 is 0 Å². The summed E-state index contributed by atoms with van der Waals surface area (Å²) in [6.45, 7) is 5.94. The molecule has 7 heteroatoms. The van der Waals surface area contributed by atoms with Gasteiger partial charge in [-0.05, 0) is 32.8 Å². The van der Waals surface area contributed by atoms with E-state index in [2.05, 4.69) is 23.6 Å². The number of amides is 1. The van der Waals surface area contributed by atoms with Crippen LogP contribution in [0.2, 0.25) is 0 Å². The minimum atomic E-state index is -0.324. The summed E-state index contributed by atoms with van der Waals surface area (Å²) in [6, 6.07) is 8.05. The Hall–Kier alpha value is -1.77. The molecular formula is C22H33IN4O2. The second-order valence-corrected chi connectivity index (χ2v) is 7.88. The second kappa shape index (κ2) is 10.3. The quantitative estimate of drug-likeness (QED) is 0.348. The number of para-hydroxylation sites is 1. The Kier molecular flexibility index (Phi) is 8.36. The summed E-state index contributed by atoms with van der Waals surface area (Å²) in [7, 11) is 3.68. The molecule has 3 rings (SSSR count). The van der Waals surface area contributed by atoms with Crippen LogP contribution >= 0.6 is 24.0 Å². The van der Waals surface area contributed by atoms with Gasteiger partial charge in [0.1, 0.15) is 17.9 Å². The predicted octanol–water partition coefficient (Wildman–Crippen LogP) is 4.06. The zero-order chi connectivity index (χ0) is 20.1. The number of aryl methyl sites for hydroxylation is 1. The summed E-state index contributed by atoms with van der Waals surface area (Å²) in [6.07, 6.45) is 4.07.